The van der Waals surface area contributed by atoms with Crippen LogP contribution in [0.2, 0.25) is 0 Å². The van der Waals surface area contributed by atoms with Gasteiger partial charge in [-0.05, 0) is 28.6 Å². The molecule has 0 radical (unpaired) electrons. The highest BCUT2D eigenvalue weighted by Crippen LogP contribution is 2.38. The molecule has 1 aliphatic rings. The number of rotatable bonds is 3. The Morgan fingerprint density at radius 2 is 1.84 bits per heavy atom. The van der Waals surface area contributed by atoms with Crippen molar-refractivity contribution in [3.05, 3.63) is 94.1 Å². The molecule has 2 atom stereocenters. The number of nitrogens with one attached hydrogen (secondary N) is 2. The number of nitrogens with zero attached hydrogens (tertiary/aromatic N) is 1. The van der Waals surface area contributed by atoms with E-state index < -0.39 is 23.7 Å². The molecule has 0 saturated carbocycles. The number of carbonyl (C=O) groups is 1. The van der Waals surface area contributed by atoms with Crippen molar-refractivity contribution < 1.29 is 18.3 Å². The molecule has 0 unspecified atom stereocenters. The van der Waals surface area contributed by atoms with Crippen LogP contribution in [0.15, 0.2) is 80.9 Å². The van der Waals surface area contributed by atoms with Gasteiger partial charge in [0, 0.05) is 16.8 Å². The molecule has 0 spiro atoms. The molecule has 0 saturated heterocycles. The second-order valence-corrected chi connectivity index (χ2v) is 7.40. The second-order valence-electron chi connectivity index (χ2n) is 7.40. The lowest BCUT2D eigenvalue weighted by Gasteiger charge is -2.32. The molecular weight excluding hydrogens is 413 g/mol. The molecule has 4 aromatic rings. The van der Waals surface area contributed by atoms with Crippen molar-refractivity contribution in [3.8, 4) is 0 Å². The molecule has 160 valence electrons. The first-order valence-electron chi connectivity index (χ1n) is 9.94. The number of methoxy groups -OCH3 is 1. The fraction of sp³-hybridized carbons (Fsp3) is 0.125. The predicted molar refractivity (Wildman–Crippen MR) is 118 cm³/mol. The topological polar surface area (TPSA) is 92.9 Å². The number of hydrogen-bond acceptors (Lipinski definition) is 7. The molecule has 32 heavy (non-hydrogen) atoms. The SMILES string of the molecule is COC(=O)C1=N[C@H](c2ccc(F)cc2)[C@@H](c2cc(=O)oc3c2ccc2ccccc23)NN1. The largest absolute Gasteiger partial charge is 0.463 e. The van der Waals surface area contributed by atoms with Crippen molar-refractivity contribution in [2.24, 2.45) is 4.99 Å². The van der Waals surface area contributed by atoms with Crippen LogP contribution in [-0.4, -0.2) is 18.9 Å². The summed E-state index contributed by atoms with van der Waals surface area (Å²) >= 11 is 0. The fourth-order valence-electron chi connectivity index (χ4n) is 4.02. The Kier molecular flexibility index (Phi) is 4.91. The van der Waals surface area contributed by atoms with E-state index in [0.29, 0.717) is 16.7 Å². The Morgan fingerprint density at radius 3 is 2.62 bits per heavy atom. The molecule has 2 heterocycles. The molecule has 2 N–H and O–H groups in total. The summed E-state index contributed by atoms with van der Waals surface area (Å²) in [4.78, 5) is 29.1. The van der Waals surface area contributed by atoms with Gasteiger partial charge in [-0.1, -0.05) is 48.5 Å². The number of hydrogen-bond donors (Lipinski definition) is 2. The van der Waals surface area contributed by atoms with Crippen LogP contribution in [0.3, 0.4) is 0 Å². The average Bonchev–Trinajstić information content (AvgIpc) is 2.83. The zero-order valence-corrected chi connectivity index (χ0v) is 17.0. The van der Waals surface area contributed by atoms with Crippen LogP contribution < -0.4 is 16.5 Å². The van der Waals surface area contributed by atoms with Gasteiger partial charge >= 0.3 is 11.6 Å². The normalized spacial score (nSPS) is 18.2. The van der Waals surface area contributed by atoms with Gasteiger partial charge in [-0.2, -0.15) is 0 Å². The maximum atomic E-state index is 13.6. The van der Waals surface area contributed by atoms with E-state index in [1.807, 2.05) is 36.4 Å². The third-order valence-corrected chi connectivity index (χ3v) is 5.52. The van der Waals surface area contributed by atoms with E-state index in [9.17, 15) is 14.0 Å². The van der Waals surface area contributed by atoms with Crippen LogP contribution >= 0.6 is 0 Å². The van der Waals surface area contributed by atoms with Gasteiger partial charge in [0.25, 0.3) is 0 Å². The molecule has 0 bridgehead atoms. The number of amidine groups is 1. The summed E-state index contributed by atoms with van der Waals surface area (Å²) in [5, 5.41) is 2.48. The van der Waals surface area contributed by atoms with Crippen molar-refractivity contribution in [1.82, 2.24) is 10.9 Å². The smallest absolute Gasteiger partial charge is 0.374 e. The lowest BCUT2D eigenvalue weighted by atomic mass is 9.91. The summed E-state index contributed by atoms with van der Waals surface area (Å²) in [6.45, 7) is 0. The average molecular weight is 431 g/mol. The first kappa shape index (κ1) is 19.9. The maximum Gasteiger partial charge on any atom is 0.374 e. The first-order valence-corrected chi connectivity index (χ1v) is 9.94. The summed E-state index contributed by atoms with van der Waals surface area (Å²) in [6, 6.07) is 17.5. The number of benzene rings is 3. The number of ether oxygens (including phenoxy) is 1. The van der Waals surface area contributed by atoms with E-state index in [1.165, 1.54) is 25.3 Å². The number of carbonyl (C=O) groups excluding carboxylic acids is 1. The summed E-state index contributed by atoms with van der Waals surface area (Å²) in [5.74, 6) is -1.05. The zero-order chi connectivity index (χ0) is 22.2. The van der Waals surface area contributed by atoms with Gasteiger partial charge in [0.15, 0.2) is 0 Å². The van der Waals surface area contributed by atoms with Gasteiger partial charge in [-0.25, -0.2) is 19.4 Å². The summed E-state index contributed by atoms with van der Waals surface area (Å²) in [5.41, 5.74) is 7.10. The Labute approximate surface area is 181 Å². The van der Waals surface area contributed by atoms with Crippen LogP contribution in [0, 0.1) is 5.82 Å². The summed E-state index contributed by atoms with van der Waals surface area (Å²) in [6.07, 6.45) is 0. The van der Waals surface area contributed by atoms with E-state index in [0.717, 1.165) is 16.2 Å². The van der Waals surface area contributed by atoms with Crippen LogP contribution in [0.4, 0.5) is 4.39 Å². The van der Waals surface area contributed by atoms with Crippen molar-refractivity contribution in [2.45, 2.75) is 12.1 Å². The highest BCUT2D eigenvalue weighted by Gasteiger charge is 2.33. The van der Waals surface area contributed by atoms with Crippen molar-refractivity contribution in [1.29, 1.82) is 0 Å². The number of hydrazine groups is 1. The minimum Gasteiger partial charge on any atom is -0.463 e. The number of fused-ring (bicyclic) bond motifs is 3. The summed E-state index contributed by atoms with van der Waals surface area (Å²) < 4.78 is 23.9. The molecule has 1 aromatic heterocycles. The standard InChI is InChI=1S/C24H18FN3O4/c1-31-24(30)23-26-20(14-6-9-15(25)10-7-14)21(27-28-23)18-12-19(29)32-22-16-5-3-2-4-13(16)8-11-17(18)22/h2-12,20-21,27H,1H3,(H,26,28)/t20-,21-/m1/s1. The Hall–Kier alpha value is -4.04. The second kappa shape index (κ2) is 7.90. The van der Waals surface area contributed by atoms with E-state index >= 15 is 0 Å². The molecule has 8 heteroatoms. The molecular formula is C24H18FN3O4. The van der Waals surface area contributed by atoms with E-state index in [-0.39, 0.29) is 11.7 Å². The Balaban J connectivity index is 1.72. The molecule has 1 aliphatic heterocycles. The predicted octanol–water partition coefficient (Wildman–Crippen LogP) is 3.55. The van der Waals surface area contributed by atoms with E-state index in [2.05, 4.69) is 15.8 Å². The number of esters is 1. The minimum atomic E-state index is -0.647. The van der Waals surface area contributed by atoms with Crippen molar-refractivity contribution in [2.75, 3.05) is 7.11 Å². The highest BCUT2D eigenvalue weighted by molar-refractivity contribution is 6.35. The Morgan fingerprint density at radius 1 is 1.06 bits per heavy atom. The van der Waals surface area contributed by atoms with Crippen LogP contribution in [-0.2, 0) is 9.53 Å². The van der Waals surface area contributed by atoms with Gasteiger partial charge in [0.05, 0.1) is 19.2 Å². The van der Waals surface area contributed by atoms with Gasteiger partial charge < -0.3 is 9.15 Å². The third-order valence-electron chi connectivity index (χ3n) is 5.52. The zero-order valence-electron chi connectivity index (χ0n) is 17.0. The molecule has 7 nitrogen and oxygen atoms in total. The first-order chi connectivity index (χ1) is 15.5. The third kappa shape index (κ3) is 3.40. The minimum absolute atomic E-state index is 0.0178. The van der Waals surface area contributed by atoms with Crippen molar-refractivity contribution >= 4 is 33.5 Å². The van der Waals surface area contributed by atoms with Gasteiger partial charge in [-0.15, -0.1) is 0 Å². The molecule has 0 fully saturated rings. The summed E-state index contributed by atoms with van der Waals surface area (Å²) in [7, 11) is 1.26. The van der Waals surface area contributed by atoms with Crippen LogP contribution in [0.1, 0.15) is 23.2 Å². The van der Waals surface area contributed by atoms with E-state index in [1.54, 1.807) is 12.1 Å². The fourth-order valence-corrected chi connectivity index (χ4v) is 4.02. The van der Waals surface area contributed by atoms with Gasteiger partial charge in [0.2, 0.25) is 5.84 Å². The van der Waals surface area contributed by atoms with Crippen LogP contribution in [0.5, 0.6) is 0 Å². The quantitative estimate of drug-likeness (QED) is 0.293. The monoisotopic (exact) mass is 431 g/mol. The maximum absolute atomic E-state index is 13.6. The molecule has 0 amide bonds. The lowest BCUT2D eigenvalue weighted by Crippen LogP contribution is -2.49. The highest BCUT2D eigenvalue weighted by atomic mass is 19.1. The van der Waals surface area contributed by atoms with Gasteiger partial charge in [0.1, 0.15) is 11.4 Å². The number of halogens is 1. The molecule has 5 rings (SSSR count). The Bertz CT molecular complexity index is 1430. The van der Waals surface area contributed by atoms with Crippen LogP contribution in [0.25, 0.3) is 21.7 Å². The molecule has 3 aromatic carbocycles. The lowest BCUT2D eigenvalue weighted by molar-refractivity contribution is -0.133. The molecule has 0 aliphatic carbocycles. The number of aliphatic imine (C=N–C) groups is 1. The van der Waals surface area contributed by atoms with Gasteiger partial charge in [-0.3, -0.25) is 10.4 Å². The van der Waals surface area contributed by atoms with E-state index in [4.69, 9.17) is 9.15 Å². The van der Waals surface area contributed by atoms with Crippen molar-refractivity contribution in [3.63, 3.8) is 0 Å².